The maximum Gasteiger partial charge on any atom is 0.338 e. The van der Waals surface area contributed by atoms with E-state index in [1.165, 1.54) is 24.3 Å². The number of hydrogen-bond donors (Lipinski definition) is 1. The van der Waals surface area contributed by atoms with Crippen LogP contribution in [-0.2, 0) is 0 Å². The van der Waals surface area contributed by atoms with Crippen molar-refractivity contribution < 1.29 is 18.7 Å². The van der Waals surface area contributed by atoms with Crippen molar-refractivity contribution in [1.29, 1.82) is 0 Å². The smallest absolute Gasteiger partial charge is 0.338 e. The third-order valence-corrected chi connectivity index (χ3v) is 2.68. The molecule has 0 atom stereocenters. The number of benzene rings is 2. The molecule has 0 fully saturated rings. The summed E-state index contributed by atoms with van der Waals surface area (Å²) in [5.74, 6) is -2.57. The van der Waals surface area contributed by atoms with Crippen LogP contribution in [0.25, 0.3) is 11.1 Å². The predicted octanol–water partition coefficient (Wildman–Crippen LogP) is 3.64. The van der Waals surface area contributed by atoms with E-state index in [9.17, 15) is 13.6 Å². The van der Waals surface area contributed by atoms with Gasteiger partial charge in [-0.25, -0.2) is 13.6 Å². The lowest BCUT2D eigenvalue weighted by atomic mass is 9.98. The molecule has 0 aliphatic heterocycles. The van der Waals surface area contributed by atoms with Crippen molar-refractivity contribution >= 4 is 5.97 Å². The van der Waals surface area contributed by atoms with E-state index in [2.05, 4.69) is 0 Å². The first-order valence-corrected chi connectivity index (χ1v) is 5.28. The summed E-state index contributed by atoms with van der Waals surface area (Å²) in [5, 5.41) is 8.80. The minimum atomic E-state index is -1.32. The Morgan fingerprint density at radius 1 is 1.17 bits per heavy atom. The molecule has 0 heterocycles. The molecule has 18 heavy (non-hydrogen) atoms. The lowest BCUT2D eigenvalue weighted by molar-refractivity contribution is 0.0692. The lowest BCUT2D eigenvalue weighted by Crippen LogP contribution is -2.02. The zero-order valence-electron chi connectivity index (χ0n) is 9.58. The fourth-order valence-electron chi connectivity index (χ4n) is 1.81. The van der Waals surface area contributed by atoms with E-state index in [1.807, 2.05) is 0 Å². The first-order valence-electron chi connectivity index (χ1n) is 5.28. The maximum atomic E-state index is 13.6. The Labute approximate surface area is 103 Å². The number of carboxylic acid groups (broad SMARTS) is 1. The Kier molecular flexibility index (Phi) is 3.10. The van der Waals surface area contributed by atoms with E-state index in [1.54, 1.807) is 13.0 Å². The van der Waals surface area contributed by atoms with Gasteiger partial charge >= 0.3 is 5.97 Å². The highest BCUT2D eigenvalue weighted by Crippen LogP contribution is 2.26. The van der Waals surface area contributed by atoms with Gasteiger partial charge in [0, 0.05) is 0 Å². The van der Waals surface area contributed by atoms with Crippen LogP contribution in [0.1, 0.15) is 15.9 Å². The molecular weight excluding hydrogens is 238 g/mol. The highest BCUT2D eigenvalue weighted by molar-refractivity contribution is 5.89. The average Bonchev–Trinajstić information content (AvgIpc) is 2.31. The molecule has 2 aromatic carbocycles. The molecular formula is C14H10F2O2. The quantitative estimate of drug-likeness (QED) is 0.880. The van der Waals surface area contributed by atoms with Gasteiger partial charge in [-0.3, -0.25) is 0 Å². The predicted molar refractivity (Wildman–Crippen MR) is 63.5 cm³/mol. The van der Waals surface area contributed by atoms with E-state index in [0.717, 1.165) is 6.07 Å². The van der Waals surface area contributed by atoms with E-state index >= 15 is 0 Å². The van der Waals surface area contributed by atoms with Crippen molar-refractivity contribution in [2.75, 3.05) is 0 Å². The van der Waals surface area contributed by atoms with Gasteiger partial charge in [-0.15, -0.1) is 0 Å². The molecule has 2 nitrogen and oxygen atoms in total. The summed E-state index contributed by atoms with van der Waals surface area (Å²) < 4.78 is 26.7. The van der Waals surface area contributed by atoms with Crippen LogP contribution in [0.5, 0.6) is 0 Å². The first kappa shape index (κ1) is 12.2. The summed E-state index contributed by atoms with van der Waals surface area (Å²) in [6.45, 7) is 1.66. The number of carbonyl (C=O) groups is 1. The second-order valence-electron chi connectivity index (χ2n) is 3.96. The van der Waals surface area contributed by atoms with Gasteiger partial charge in [-0.2, -0.15) is 0 Å². The summed E-state index contributed by atoms with van der Waals surface area (Å²) in [7, 11) is 0. The van der Waals surface area contributed by atoms with Gasteiger partial charge in [0.2, 0.25) is 0 Å². The molecule has 0 aliphatic rings. The number of aromatic carboxylic acids is 1. The minimum Gasteiger partial charge on any atom is -0.478 e. The molecule has 4 heteroatoms. The van der Waals surface area contributed by atoms with Crippen LogP contribution in [0.2, 0.25) is 0 Å². The van der Waals surface area contributed by atoms with Gasteiger partial charge in [0.1, 0.15) is 11.6 Å². The third-order valence-electron chi connectivity index (χ3n) is 2.68. The van der Waals surface area contributed by atoms with Crippen LogP contribution in [0.3, 0.4) is 0 Å². The van der Waals surface area contributed by atoms with Crippen LogP contribution >= 0.6 is 0 Å². The molecule has 0 saturated heterocycles. The van der Waals surface area contributed by atoms with Crippen LogP contribution in [-0.4, -0.2) is 11.1 Å². The van der Waals surface area contributed by atoms with Gasteiger partial charge in [-0.05, 0) is 47.9 Å². The molecule has 0 spiro atoms. The molecule has 1 N–H and O–H groups in total. The normalized spacial score (nSPS) is 10.4. The molecule has 0 unspecified atom stereocenters. The second-order valence-corrected chi connectivity index (χ2v) is 3.96. The van der Waals surface area contributed by atoms with Crippen LogP contribution < -0.4 is 0 Å². The van der Waals surface area contributed by atoms with E-state index < -0.39 is 17.6 Å². The number of rotatable bonds is 2. The third kappa shape index (κ3) is 2.22. The molecule has 0 radical (unpaired) electrons. The summed E-state index contributed by atoms with van der Waals surface area (Å²) in [6, 6.07) is 8.10. The van der Waals surface area contributed by atoms with E-state index in [4.69, 9.17) is 5.11 Å². The molecule has 92 valence electrons. The zero-order chi connectivity index (χ0) is 13.3. The highest BCUT2D eigenvalue weighted by atomic mass is 19.1. The van der Waals surface area contributed by atoms with Gasteiger partial charge in [0.15, 0.2) is 0 Å². The van der Waals surface area contributed by atoms with Crippen molar-refractivity contribution in [3.8, 4) is 11.1 Å². The average molecular weight is 248 g/mol. The van der Waals surface area contributed by atoms with Gasteiger partial charge < -0.3 is 5.11 Å². The lowest BCUT2D eigenvalue weighted by Gasteiger charge is -2.08. The van der Waals surface area contributed by atoms with Crippen LogP contribution in [0, 0.1) is 18.6 Å². The second kappa shape index (κ2) is 4.56. The zero-order valence-corrected chi connectivity index (χ0v) is 9.58. The van der Waals surface area contributed by atoms with Crippen molar-refractivity contribution in [3.05, 3.63) is 59.2 Å². The Bertz CT molecular complexity index is 621. The number of carboxylic acids is 1. The Morgan fingerprint density at radius 3 is 2.50 bits per heavy atom. The summed E-state index contributed by atoms with van der Waals surface area (Å²) in [4.78, 5) is 10.8. The van der Waals surface area contributed by atoms with Crippen molar-refractivity contribution in [2.45, 2.75) is 6.92 Å². The standard InChI is InChI=1S/C14H10F2O2/c1-8-5-12(14(17)18)13(16)7-11(8)9-3-2-4-10(15)6-9/h2-7H,1H3,(H,17,18). The topological polar surface area (TPSA) is 37.3 Å². The SMILES string of the molecule is Cc1cc(C(=O)O)c(F)cc1-c1cccc(F)c1. The summed E-state index contributed by atoms with van der Waals surface area (Å²) in [5.41, 5.74) is 1.20. The van der Waals surface area contributed by atoms with Gasteiger partial charge in [0.25, 0.3) is 0 Å². The molecule has 0 aromatic heterocycles. The monoisotopic (exact) mass is 248 g/mol. The molecule has 0 aliphatic carbocycles. The number of hydrogen-bond acceptors (Lipinski definition) is 1. The van der Waals surface area contributed by atoms with Gasteiger partial charge in [0.05, 0.1) is 5.56 Å². The Balaban J connectivity index is 2.60. The van der Waals surface area contributed by atoms with E-state index in [-0.39, 0.29) is 5.56 Å². The van der Waals surface area contributed by atoms with Crippen molar-refractivity contribution in [2.24, 2.45) is 0 Å². The molecule has 0 saturated carbocycles. The maximum absolute atomic E-state index is 13.6. The highest BCUT2D eigenvalue weighted by Gasteiger charge is 2.14. The number of aryl methyl sites for hydroxylation is 1. The van der Waals surface area contributed by atoms with Gasteiger partial charge in [-0.1, -0.05) is 12.1 Å². The van der Waals surface area contributed by atoms with Crippen LogP contribution in [0.15, 0.2) is 36.4 Å². The Hall–Kier alpha value is -2.23. The van der Waals surface area contributed by atoms with E-state index in [0.29, 0.717) is 16.7 Å². The minimum absolute atomic E-state index is 0.382. The summed E-state index contributed by atoms with van der Waals surface area (Å²) in [6.07, 6.45) is 0. The van der Waals surface area contributed by atoms with Crippen LogP contribution in [0.4, 0.5) is 8.78 Å². The summed E-state index contributed by atoms with van der Waals surface area (Å²) >= 11 is 0. The molecule has 0 amide bonds. The molecule has 2 rings (SSSR count). The first-order chi connectivity index (χ1) is 8.49. The molecule has 0 bridgehead atoms. The van der Waals surface area contributed by atoms with Crippen molar-refractivity contribution in [1.82, 2.24) is 0 Å². The van der Waals surface area contributed by atoms with Crippen molar-refractivity contribution in [3.63, 3.8) is 0 Å². The Morgan fingerprint density at radius 2 is 1.89 bits per heavy atom. The fourth-order valence-corrected chi connectivity index (χ4v) is 1.81. The largest absolute Gasteiger partial charge is 0.478 e. The fraction of sp³-hybridized carbons (Fsp3) is 0.0714. The molecule has 2 aromatic rings. The number of halogens is 2.